The van der Waals surface area contributed by atoms with Crippen LogP contribution in [0.1, 0.15) is 34.2 Å². The molecular formula is C15H11Cl2N3O. The van der Waals surface area contributed by atoms with E-state index in [4.69, 9.17) is 23.2 Å². The summed E-state index contributed by atoms with van der Waals surface area (Å²) in [6, 6.07) is 5.52. The summed E-state index contributed by atoms with van der Waals surface area (Å²) in [5.74, 6) is -0.0173. The molecule has 3 heterocycles. The summed E-state index contributed by atoms with van der Waals surface area (Å²) in [4.78, 5) is 19.0. The van der Waals surface area contributed by atoms with E-state index in [2.05, 4.69) is 4.98 Å². The van der Waals surface area contributed by atoms with Crippen molar-refractivity contribution in [3.63, 3.8) is 0 Å². The van der Waals surface area contributed by atoms with Crippen LogP contribution in [-0.4, -0.2) is 26.9 Å². The Morgan fingerprint density at radius 3 is 2.95 bits per heavy atom. The number of hydrogen-bond donors (Lipinski definition) is 0. The molecule has 0 aliphatic carbocycles. The Balaban J connectivity index is 2.05. The average molecular weight is 320 g/mol. The zero-order valence-corrected chi connectivity index (χ0v) is 12.5. The molecule has 1 fully saturated rings. The number of imidazole rings is 1. The molecular weight excluding hydrogens is 309 g/mol. The molecule has 21 heavy (non-hydrogen) atoms. The molecule has 1 amide bonds. The number of halogens is 2. The molecule has 0 unspecified atom stereocenters. The third kappa shape index (κ3) is 1.69. The molecule has 1 saturated heterocycles. The van der Waals surface area contributed by atoms with Gasteiger partial charge in [0.1, 0.15) is 6.33 Å². The molecule has 0 saturated carbocycles. The molecule has 4 nitrogen and oxygen atoms in total. The van der Waals surface area contributed by atoms with Crippen LogP contribution < -0.4 is 0 Å². The number of benzene rings is 1. The number of fused-ring (bicyclic) bond motifs is 5. The number of amides is 1. The van der Waals surface area contributed by atoms with Crippen molar-refractivity contribution < 1.29 is 4.79 Å². The monoisotopic (exact) mass is 319 g/mol. The van der Waals surface area contributed by atoms with Gasteiger partial charge in [0.15, 0.2) is 0 Å². The van der Waals surface area contributed by atoms with Crippen LogP contribution in [0.2, 0.25) is 5.02 Å². The maximum atomic E-state index is 12.7. The second kappa shape index (κ2) is 4.61. The first-order valence-electron chi connectivity index (χ1n) is 6.66. The normalized spacial score (nSPS) is 19.8. The molecule has 2 aliphatic heterocycles. The minimum Gasteiger partial charge on any atom is -0.330 e. The van der Waals surface area contributed by atoms with Gasteiger partial charge < -0.3 is 4.90 Å². The van der Waals surface area contributed by atoms with E-state index in [0.717, 1.165) is 30.0 Å². The van der Waals surface area contributed by atoms with Gasteiger partial charge >= 0.3 is 0 Å². The first-order valence-corrected chi connectivity index (χ1v) is 7.47. The zero-order valence-electron chi connectivity index (χ0n) is 11.0. The third-order valence-corrected chi connectivity index (χ3v) is 4.56. The highest BCUT2D eigenvalue weighted by Gasteiger charge is 2.41. The van der Waals surface area contributed by atoms with Gasteiger partial charge in [-0.2, -0.15) is 0 Å². The van der Waals surface area contributed by atoms with Crippen LogP contribution in [-0.2, 0) is 0 Å². The van der Waals surface area contributed by atoms with E-state index in [1.54, 1.807) is 18.5 Å². The van der Waals surface area contributed by atoms with Crippen molar-refractivity contribution >= 4 is 35.2 Å². The molecule has 0 spiro atoms. The summed E-state index contributed by atoms with van der Waals surface area (Å²) in [7, 11) is 0. The molecule has 106 valence electrons. The lowest BCUT2D eigenvalue weighted by atomic mass is 9.97. The van der Waals surface area contributed by atoms with E-state index >= 15 is 0 Å². The lowest BCUT2D eigenvalue weighted by Crippen LogP contribution is -2.44. The molecule has 2 aliphatic rings. The van der Waals surface area contributed by atoms with E-state index < -0.39 is 0 Å². The average Bonchev–Trinajstić information content (AvgIpc) is 2.78. The van der Waals surface area contributed by atoms with E-state index in [0.29, 0.717) is 10.6 Å². The van der Waals surface area contributed by atoms with E-state index in [-0.39, 0.29) is 11.9 Å². The summed E-state index contributed by atoms with van der Waals surface area (Å²) < 4.78 is 1.95. The van der Waals surface area contributed by atoms with Crippen LogP contribution in [0, 0.1) is 0 Å². The predicted octanol–water partition coefficient (Wildman–Crippen LogP) is 3.64. The highest BCUT2D eigenvalue weighted by molar-refractivity contribution is 6.34. The molecule has 2 aromatic rings. The number of hydrogen-bond acceptors (Lipinski definition) is 2. The quantitative estimate of drug-likeness (QED) is 0.805. The molecule has 0 radical (unpaired) electrons. The minimum absolute atomic E-state index is 0.0173. The Kier molecular flexibility index (Phi) is 2.84. The van der Waals surface area contributed by atoms with Crippen LogP contribution in [0.15, 0.2) is 30.1 Å². The summed E-state index contributed by atoms with van der Waals surface area (Å²) >= 11 is 12.0. The molecule has 4 rings (SSSR count). The molecule has 1 aromatic carbocycles. The van der Waals surface area contributed by atoms with Gasteiger partial charge in [0, 0.05) is 12.1 Å². The number of rotatable bonds is 1. The van der Waals surface area contributed by atoms with Crippen molar-refractivity contribution in [1.82, 2.24) is 14.5 Å². The van der Waals surface area contributed by atoms with Gasteiger partial charge in [-0.05, 0) is 24.6 Å². The van der Waals surface area contributed by atoms with Crippen molar-refractivity contribution in [2.24, 2.45) is 0 Å². The highest BCUT2D eigenvalue weighted by atomic mass is 35.5. The fraction of sp³-hybridized carbons (Fsp3) is 0.200. The summed E-state index contributed by atoms with van der Waals surface area (Å²) in [5.41, 5.74) is 4.55. The maximum Gasteiger partial charge on any atom is 0.258 e. The smallest absolute Gasteiger partial charge is 0.258 e. The van der Waals surface area contributed by atoms with Crippen LogP contribution in [0.25, 0.3) is 11.8 Å². The van der Waals surface area contributed by atoms with Gasteiger partial charge in [-0.25, -0.2) is 4.98 Å². The van der Waals surface area contributed by atoms with Gasteiger partial charge in [-0.3, -0.25) is 9.36 Å². The molecule has 1 aromatic heterocycles. The molecule has 0 bridgehead atoms. The van der Waals surface area contributed by atoms with Gasteiger partial charge in [0.2, 0.25) is 0 Å². The SMILES string of the molecule is O=C1c2c(Cl)cccc2-n2cnc(C=CCl)c2[C@@H]2CCN12. The van der Waals surface area contributed by atoms with Crippen molar-refractivity contribution in [1.29, 1.82) is 0 Å². The zero-order chi connectivity index (χ0) is 14.6. The minimum atomic E-state index is -0.0173. The van der Waals surface area contributed by atoms with Crippen LogP contribution in [0.5, 0.6) is 0 Å². The Hall–Kier alpha value is -1.78. The van der Waals surface area contributed by atoms with Crippen molar-refractivity contribution in [3.05, 3.63) is 52.0 Å². The fourth-order valence-corrected chi connectivity index (χ4v) is 3.44. The highest BCUT2D eigenvalue weighted by Crippen LogP contribution is 2.42. The summed E-state index contributed by atoms with van der Waals surface area (Å²) in [5, 5.41) is 0.471. The Morgan fingerprint density at radius 2 is 2.24 bits per heavy atom. The van der Waals surface area contributed by atoms with Crippen LogP contribution >= 0.6 is 23.2 Å². The summed E-state index contributed by atoms with van der Waals surface area (Å²) in [6.45, 7) is 0.739. The lowest BCUT2D eigenvalue weighted by molar-refractivity contribution is 0.0460. The maximum absolute atomic E-state index is 12.7. The van der Waals surface area contributed by atoms with Gasteiger partial charge in [0.25, 0.3) is 5.91 Å². The van der Waals surface area contributed by atoms with Gasteiger partial charge in [-0.1, -0.05) is 29.3 Å². The Labute approximate surface area is 131 Å². The number of carbonyl (C=O) groups is 1. The largest absolute Gasteiger partial charge is 0.330 e. The van der Waals surface area contributed by atoms with E-state index in [1.165, 1.54) is 5.54 Å². The standard InChI is InChI=1S/C15H11Cl2N3O/c16-6-4-10-14-12-5-7-19(12)15(21)13-9(17)2-1-3-11(13)20(14)8-18-10/h1-4,6,8,12H,5,7H2/t12-/m0/s1. The molecule has 0 N–H and O–H groups in total. The number of aromatic nitrogens is 2. The third-order valence-electron chi connectivity index (χ3n) is 4.12. The summed E-state index contributed by atoms with van der Waals surface area (Å²) in [6.07, 6.45) is 4.40. The lowest BCUT2D eigenvalue weighted by Gasteiger charge is -2.39. The van der Waals surface area contributed by atoms with Crippen molar-refractivity contribution in [2.75, 3.05) is 6.54 Å². The first kappa shape index (κ1) is 12.9. The first-order chi connectivity index (χ1) is 10.2. The topological polar surface area (TPSA) is 38.1 Å². The fourth-order valence-electron chi connectivity index (χ4n) is 3.07. The van der Waals surface area contributed by atoms with Gasteiger partial charge in [0.05, 0.1) is 33.7 Å². The Bertz CT molecular complexity index is 781. The molecule has 1 atom stereocenters. The van der Waals surface area contributed by atoms with Crippen LogP contribution in [0.3, 0.4) is 0 Å². The van der Waals surface area contributed by atoms with Gasteiger partial charge in [-0.15, -0.1) is 0 Å². The van der Waals surface area contributed by atoms with E-state index in [1.807, 2.05) is 21.6 Å². The van der Waals surface area contributed by atoms with Crippen molar-refractivity contribution in [2.45, 2.75) is 12.5 Å². The van der Waals surface area contributed by atoms with Crippen LogP contribution in [0.4, 0.5) is 0 Å². The predicted molar refractivity (Wildman–Crippen MR) is 81.9 cm³/mol. The number of nitrogens with zero attached hydrogens (tertiary/aromatic N) is 3. The molecule has 6 heteroatoms. The van der Waals surface area contributed by atoms with Crippen molar-refractivity contribution in [3.8, 4) is 5.69 Å². The van der Waals surface area contributed by atoms with E-state index in [9.17, 15) is 4.79 Å². The number of carbonyl (C=O) groups excluding carboxylic acids is 1. The second-order valence-electron chi connectivity index (χ2n) is 5.11. The Morgan fingerprint density at radius 1 is 1.38 bits per heavy atom. The second-order valence-corrected chi connectivity index (χ2v) is 5.77.